The van der Waals surface area contributed by atoms with Crippen LogP contribution in [0.25, 0.3) is 16.2 Å². The van der Waals surface area contributed by atoms with E-state index in [1.54, 1.807) is 0 Å². The highest BCUT2D eigenvalue weighted by atomic mass is 32.2. The molecule has 15 heteroatoms. The summed E-state index contributed by atoms with van der Waals surface area (Å²) in [5, 5.41) is 6.36. The first-order valence-electron chi connectivity index (χ1n) is 9.25. The van der Waals surface area contributed by atoms with Gasteiger partial charge in [-0.1, -0.05) is 11.3 Å². The lowest BCUT2D eigenvalue weighted by Gasteiger charge is -2.39. The fraction of sp³-hybridized carbons (Fsp3) is 0.471. The molecule has 174 valence electrons. The summed E-state index contributed by atoms with van der Waals surface area (Å²) in [7, 11) is -2.73. The van der Waals surface area contributed by atoms with Gasteiger partial charge in [0.2, 0.25) is 15.2 Å². The van der Waals surface area contributed by atoms with Crippen LogP contribution in [0.4, 0.5) is 13.2 Å². The topological polar surface area (TPSA) is 117 Å². The third kappa shape index (κ3) is 3.94. The molecule has 10 nitrogen and oxygen atoms in total. The molecule has 32 heavy (non-hydrogen) atoms. The maximum atomic E-state index is 13.4. The number of methoxy groups -OCH3 is 1. The van der Waals surface area contributed by atoms with E-state index in [1.165, 1.54) is 29.9 Å². The molecule has 0 saturated carbocycles. The predicted molar refractivity (Wildman–Crippen MR) is 108 cm³/mol. The smallest absolute Gasteiger partial charge is 0.335 e. The Morgan fingerprint density at radius 1 is 1.31 bits per heavy atom. The molecule has 0 unspecified atom stereocenters. The van der Waals surface area contributed by atoms with Gasteiger partial charge in [-0.25, -0.2) is 31.0 Å². The van der Waals surface area contributed by atoms with Crippen LogP contribution >= 0.6 is 11.3 Å². The Bertz CT molecular complexity index is 1290. The zero-order valence-corrected chi connectivity index (χ0v) is 18.3. The van der Waals surface area contributed by atoms with Crippen LogP contribution in [0, 0.1) is 0 Å². The van der Waals surface area contributed by atoms with Gasteiger partial charge in [-0.05, 0) is 18.2 Å². The van der Waals surface area contributed by atoms with Gasteiger partial charge >= 0.3 is 5.69 Å². The van der Waals surface area contributed by atoms with Crippen LogP contribution in [0.5, 0.6) is 0 Å². The van der Waals surface area contributed by atoms with Gasteiger partial charge in [-0.15, -0.1) is 10.2 Å². The molecule has 1 fully saturated rings. The van der Waals surface area contributed by atoms with Crippen molar-refractivity contribution >= 4 is 32.4 Å². The highest BCUT2D eigenvalue weighted by Crippen LogP contribution is 2.28. The summed E-state index contributed by atoms with van der Waals surface area (Å²) >= 11 is 0.515. The number of nitrogens with zero attached hydrogens (tertiary/aromatic N) is 4. The minimum Gasteiger partial charge on any atom is -0.383 e. The van der Waals surface area contributed by atoms with Crippen LogP contribution in [0.1, 0.15) is 11.4 Å². The number of aromatic nitrogens is 4. The number of sulfonamides is 1. The lowest BCUT2D eigenvalue weighted by Crippen LogP contribution is -2.63. The summed E-state index contributed by atoms with van der Waals surface area (Å²) in [5.74, 6) is 0. The van der Waals surface area contributed by atoms with Crippen molar-refractivity contribution in [1.82, 2.24) is 24.1 Å². The normalized spacial score (nSPS) is 16.0. The molecule has 4 rings (SSSR count). The number of nitrogens with one attached hydrogen (secondary N) is 1. The van der Waals surface area contributed by atoms with Crippen LogP contribution < -0.4 is 10.4 Å². The minimum absolute atomic E-state index is 0.107. The van der Waals surface area contributed by atoms with Crippen LogP contribution in [0.2, 0.25) is 0 Å². The van der Waals surface area contributed by atoms with Gasteiger partial charge in [0.05, 0.1) is 42.3 Å². The Hall–Kier alpha value is -2.33. The van der Waals surface area contributed by atoms with Crippen LogP contribution in [-0.4, -0.2) is 66.9 Å². The second kappa shape index (κ2) is 8.55. The first-order chi connectivity index (χ1) is 15.2. The van der Waals surface area contributed by atoms with Gasteiger partial charge < -0.3 is 9.47 Å². The lowest BCUT2D eigenvalue weighted by atomic mass is 10.0. The predicted octanol–water partition coefficient (Wildman–Crippen LogP) is 1.24. The molecular formula is C17H18F3N5O5S2. The van der Waals surface area contributed by atoms with Gasteiger partial charge in [0.1, 0.15) is 12.2 Å². The Morgan fingerprint density at radius 3 is 2.62 bits per heavy atom. The highest BCUT2D eigenvalue weighted by Gasteiger charge is 2.43. The van der Waals surface area contributed by atoms with Crippen LogP contribution in [0.3, 0.4) is 0 Å². The van der Waals surface area contributed by atoms with Gasteiger partial charge in [-0.3, -0.25) is 4.57 Å². The zero-order valence-electron chi connectivity index (χ0n) is 16.6. The molecule has 0 bridgehead atoms. The number of benzene rings is 1. The Morgan fingerprint density at radius 2 is 2.06 bits per heavy atom. The van der Waals surface area contributed by atoms with Crippen molar-refractivity contribution < 1.29 is 31.1 Å². The van der Waals surface area contributed by atoms with Crippen molar-refractivity contribution in [1.29, 1.82) is 0 Å². The van der Waals surface area contributed by atoms with Crippen molar-refractivity contribution in [2.24, 2.45) is 0 Å². The Labute approximate surface area is 183 Å². The summed E-state index contributed by atoms with van der Waals surface area (Å²) < 4.78 is 79.7. The van der Waals surface area contributed by atoms with E-state index in [0.29, 0.717) is 16.9 Å². The molecule has 0 amide bonds. The fourth-order valence-corrected chi connectivity index (χ4v) is 5.33. The molecule has 1 saturated heterocycles. The van der Waals surface area contributed by atoms with Crippen molar-refractivity contribution in [2.75, 3.05) is 33.6 Å². The van der Waals surface area contributed by atoms with E-state index >= 15 is 0 Å². The molecule has 0 aliphatic carbocycles. The second-order valence-corrected chi connectivity index (χ2v) is 9.82. The lowest BCUT2D eigenvalue weighted by molar-refractivity contribution is -0.0725. The molecule has 3 aromatic rings. The molecule has 1 aromatic carbocycles. The van der Waals surface area contributed by atoms with Crippen molar-refractivity contribution in [3.63, 3.8) is 0 Å². The number of hydrogen-bond acceptors (Lipinski definition) is 8. The summed E-state index contributed by atoms with van der Waals surface area (Å²) in [6, 6.07) is 3.89. The van der Waals surface area contributed by atoms with E-state index in [1.807, 2.05) is 0 Å². The van der Waals surface area contributed by atoms with Crippen molar-refractivity contribution in [3.05, 3.63) is 33.7 Å². The van der Waals surface area contributed by atoms with E-state index in [9.17, 15) is 26.4 Å². The Kier molecular flexibility index (Phi) is 6.10. The summed E-state index contributed by atoms with van der Waals surface area (Å²) in [5.41, 5.74) is -1.51. The quantitative estimate of drug-likeness (QED) is 0.477. The molecule has 0 atom stereocenters. The maximum absolute atomic E-state index is 13.4. The average molecular weight is 493 g/mol. The van der Waals surface area contributed by atoms with E-state index in [-0.39, 0.29) is 41.9 Å². The highest BCUT2D eigenvalue weighted by molar-refractivity contribution is 7.89. The van der Waals surface area contributed by atoms with E-state index in [2.05, 4.69) is 14.9 Å². The third-order valence-electron chi connectivity index (χ3n) is 4.90. The van der Waals surface area contributed by atoms with Gasteiger partial charge in [0.15, 0.2) is 5.01 Å². The van der Waals surface area contributed by atoms with Gasteiger partial charge in [-0.2, -0.15) is 4.72 Å². The first kappa shape index (κ1) is 22.8. The average Bonchev–Trinajstić information content (AvgIpc) is 3.31. The largest absolute Gasteiger partial charge is 0.383 e. The molecule has 0 spiro atoms. The van der Waals surface area contributed by atoms with E-state index < -0.39 is 39.4 Å². The van der Waals surface area contributed by atoms with Crippen molar-refractivity contribution in [3.8, 4) is 5.13 Å². The second-order valence-electron chi connectivity index (χ2n) is 7.15. The number of alkyl halides is 3. The SMILES string of the molecule is COCCn1c(=O)n(-c2nnc(C(F)F)s2)c2cc(S(=O)(=O)NC3(CF)COC3)ccc21. The summed E-state index contributed by atoms with van der Waals surface area (Å²) in [4.78, 5) is 12.8. The molecule has 1 N–H and O–H groups in total. The number of imidazole rings is 1. The fourth-order valence-electron chi connectivity index (χ4n) is 3.25. The summed E-state index contributed by atoms with van der Waals surface area (Å²) in [6.07, 6.45) is -2.87. The zero-order chi connectivity index (χ0) is 23.1. The van der Waals surface area contributed by atoms with Crippen LogP contribution in [0.15, 0.2) is 27.9 Å². The first-order valence-corrected chi connectivity index (χ1v) is 11.6. The van der Waals surface area contributed by atoms with Gasteiger partial charge in [0.25, 0.3) is 6.43 Å². The summed E-state index contributed by atoms with van der Waals surface area (Å²) in [6.45, 7) is -0.855. The Balaban J connectivity index is 1.86. The van der Waals surface area contributed by atoms with Crippen molar-refractivity contribution in [2.45, 2.75) is 23.4 Å². The number of hydrogen-bond donors (Lipinski definition) is 1. The van der Waals surface area contributed by atoms with Crippen LogP contribution in [-0.2, 0) is 26.0 Å². The number of halogens is 3. The number of rotatable bonds is 9. The minimum atomic E-state index is -4.18. The number of fused-ring (bicyclic) bond motifs is 1. The third-order valence-corrected chi connectivity index (χ3v) is 7.39. The maximum Gasteiger partial charge on any atom is 0.335 e. The van der Waals surface area contributed by atoms with Gasteiger partial charge in [0, 0.05) is 7.11 Å². The molecule has 1 aliphatic heterocycles. The monoisotopic (exact) mass is 493 g/mol. The standard InChI is InChI=1S/C17H18F3N5O5S2/c1-29-5-4-24-11-3-2-10(32(27,28)23-17(7-18)8-30-9-17)6-12(11)25(16(24)26)15-22-21-14(31-15)13(19)20/h2-3,6,13,23H,4-5,7-9H2,1H3. The van der Waals surface area contributed by atoms with E-state index in [4.69, 9.17) is 9.47 Å². The van der Waals surface area contributed by atoms with E-state index in [0.717, 1.165) is 4.57 Å². The number of ether oxygens (including phenoxy) is 2. The molecule has 3 heterocycles. The molecule has 2 aromatic heterocycles. The molecular weight excluding hydrogens is 475 g/mol. The molecule has 0 radical (unpaired) electrons. The molecule has 1 aliphatic rings.